The highest BCUT2D eigenvalue weighted by atomic mass is 16.5. The summed E-state index contributed by atoms with van der Waals surface area (Å²) in [5.74, 6) is 1.39. The molecular weight excluding hydrogens is 238 g/mol. The van der Waals surface area contributed by atoms with Crippen LogP contribution in [0.1, 0.15) is 60.8 Å². The molecule has 0 bridgehead atoms. The van der Waals surface area contributed by atoms with Gasteiger partial charge in [-0.3, -0.25) is 4.79 Å². The van der Waals surface area contributed by atoms with Gasteiger partial charge in [-0.1, -0.05) is 41.5 Å². The van der Waals surface area contributed by atoms with Crippen molar-refractivity contribution in [1.29, 1.82) is 0 Å². The minimum Gasteiger partial charge on any atom is -0.381 e. The molecule has 116 valence electrons. The van der Waals surface area contributed by atoms with Gasteiger partial charge in [0.05, 0.1) is 0 Å². The van der Waals surface area contributed by atoms with Crippen molar-refractivity contribution in [3.8, 4) is 0 Å². The summed E-state index contributed by atoms with van der Waals surface area (Å²) in [6.45, 7) is 15.1. The number of ether oxygens (including phenoxy) is 1. The van der Waals surface area contributed by atoms with E-state index in [0.717, 1.165) is 32.1 Å². The Labute approximate surface area is 120 Å². The molecule has 2 atom stereocenters. The number of carbonyl (C=O) groups is 1. The van der Waals surface area contributed by atoms with Crippen LogP contribution in [0.15, 0.2) is 0 Å². The number of likely N-dealkylation sites (tertiary alicyclic amines) is 1. The largest absolute Gasteiger partial charge is 0.381 e. The van der Waals surface area contributed by atoms with E-state index in [0.29, 0.717) is 5.91 Å². The van der Waals surface area contributed by atoms with Gasteiger partial charge in [0.15, 0.2) is 0 Å². The Balaban J connectivity index is 0. The predicted molar refractivity (Wildman–Crippen MR) is 83.3 cm³/mol. The second-order valence-corrected chi connectivity index (χ2v) is 4.77. The molecule has 2 saturated heterocycles. The lowest BCUT2D eigenvalue weighted by atomic mass is 10.1. The molecule has 0 saturated carbocycles. The first-order valence-electron chi connectivity index (χ1n) is 7.94. The quantitative estimate of drug-likeness (QED) is 0.668. The number of hydrogen-bond donors (Lipinski definition) is 0. The number of rotatable bonds is 0. The third kappa shape index (κ3) is 9.94. The Kier molecular flexibility index (Phi) is 15.1. The highest BCUT2D eigenvalue weighted by Crippen LogP contribution is 2.14. The van der Waals surface area contributed by atoms with Crippen molar-refractivity contribution < 1.29 is 9.53 Å². The minimum absolute atomic E-state index is 0.278. The van der Waals surface area contributed by atoms with E-state index in [2.05, 4.69) is 6.92 Å². The van der Waals surface area contributed by atoms with Gasteiger partial charge in [-0.05, 0) is 25.2 Å². The number of hydrogen-bond acceptors (Lipinski definition) is 2. The average Bonchev–Trinajstić information content (AvgIpc) is 2.76. The van der Waals surface area contributed by atoms with Gasteiger partial charge < -0.3 is 9.64 Å². The van der Waals surface area contributed by atoms with Gasteiger partial charge >= 0.3 is 0 Å². The van der Waals surface area contributed by atoms with E-state index in [4.69, 9.17) is 4.74 Å². The Morgan fingerprint density at radius 1 is 1.11 bits per heavy atom. The van der Waals surface area contributed by atoms with E-state index < -0.39 is 0 Å². The van der Waals surface area contributed by atoms with Gasteiger partial charge in [0.1, 0.15) is 0 Å². The summed E-state index contributed by atoms with van der Waals surface area (Å²) in [5, 5.41) is 0. The summed E-state index contributed by atoms with van der Waals surface area (Å²) in [6, 6.07) is 0. The molecule has 0 spiro atoms. The average molecular weight is 273 g/mol. The zero-order valence-electron chi connectivity index (χ0n) is 14.2. The summed E-state index contributed by atoms with van der Waals surface area (Å²) < 4.78 is 5.18. The van der Waals surface area contributed by atoms with Crippen LogP contribution in [0.4, 0.5) is 0 Å². The zero-order chi connectivity index (χ0) is 15.3. The van der Waals surface area contributed by atoms with Crippen molar-refractivity contribution in [3.05, 3.63) is 0 Å². The van der Waals surface area contributed by atoms with Crippen molar-refractivity contribution in [1.82, 2.24) is 4.90 Å². The van der Waals surface area contributed by atoms with Crippen LogP contribution in [0, 0.1) is 11.8 Å². The first-order chi connectivity index (χ1) is 9.11. The van der Waals surface area contributed by atoms with E-state index in [1.165, 1.54) is 12.8 Å². The fourth-order valence-corrected chi connectivity index (χ4v) is 1.90. The highest BCUT2D eigenvalue weighted by molar-refractivity contribution is 5.80. The summed E-state index contributed by atoms with van der Waals surface area (Å²) >= 11 is 0. The van der Waals surface area contributed by atoms with Crippen molar-refractivity contribution >= 4 is 5.91 Å². The van der Waals surface area contributed by atoms with Crippen molar-refractivity contribution in [2.24, 2.45) is 11.8 Å². The maximum absolute atomic E-state index is 10.8. The first-order valence-corrected chi connectivity index (χ1v) is 7.94. The smallest absolute Gasteiger partial charge is 0.225 e. The summed E-state index contributed by atoms with van der Waals surface area (Å²) in [5.41, 5.74) is 0. The second-order valence-electron chi connectivity index (χ2n) is 4.77. The Hall–Kier alpha value is -0.570. The summed E-state index contributed by atoms with van der Waals surface area (Å²) in [4.78, 5) is 12.6. The fourth-order valence-electron chi connectivity index (χ4n) is 1.90. The second kappa shape index (κ2) is 13.9. The number of carbonyl (C=O) groups excluding carboxylic acids is 1. The van der Waals surface area contributed by atoms with E-state index >= 15 is 0 Å². The van der Waals surface area contributed by atoms with Crippen molar-refractivity contribution in [3.63, 3.8) is 0 Å². The normalized spacial score (nSPS) is 25.2. The molecule has 2 rings (SSSR count). The molecule has 3 nitrogen and oxygen atoms in total. The molecule has 2 aliphatic rings. The van der Waals surface area contributed by atoms with Crippen molar-refractivity contribution in [2.75, 3.05) is 26.8 Å². The van der Waals surface area contributed by atoms with E-state index in [-0.39, 0.29) is 5.92 Å². The molecule has 3 heteroatoms. The minimum atomic E-state index is 0.278. The predicted octanol–water partition coefficient (Wildman–Crippen LogP) is 3.97. The third-order valence-corrected chi connectivity index (χ3v) is 3.08. The maximum atomic E-state index is 10.8. The molecule has 2 aliphatic heterocycles. The van der Waals surface area contributed by atoms with Gasteiger partial charge in [0.25, 0.3) is 0 Å². The lowest BCUT2D eigenvalue weighted by Gasteiger charge is -2.16. The van der Waals surface area contributed by atoms with Gasteiger partial charge in [-0.2, -0.15) is 0 Å². The van der Waals surface area contributed by atoms with Gasteiger partial charge in [0, 0.05) is 32.7 Å². The van der Waals surface area contributed by atoms with Gasteiger partial charge in [-0.15, -0.1) is 0 Å². The lowest BCUT2D eigenvalue weighted by Crippen LogP contribution is -2.21. The van der Waals surface area contributed by atoms with Crippen LogP contribution in [0.25, 0.3) is 0 Å². The van der Waals surface area contributed by atoms with E-state index in [9.17, 15) is 4.79 Å². The van der Waals surface area contributed by atoms with Gasteiger partial charge in [0.2, 0.25) is 5.91 Å². The zero-order valence-corrected chi connectivity index (χ0v) is 14.2. The van der Waals surface area contributed by atoms with E-state index in [1.807, 2.05) is 41.7 Å². The Bertz CT molecular complexity index is 189. The molecule has 2 fully saturated rings. The topological polar surface area (TPSA) is 29.5 Å². The molecule has 0 N–H and O–H groups in total. The number of amides is 1. The van der Waals surface area contributed by atoms with Crippen LogP contribution < -0.4 is 0 Å². The van der Waals surface area contributed by atoms with Crippen LogP contribution in [0.3, 0.4) is 0 Å². The maximum Gasteiger partial charge on any atom is 0.225 e. The third-order valence-electron chi connectivity index (χ3n) is 3.08. The SMILES string of the molecule is CC.CC.CC1CCCOC1.CC1CCN(C)C1=O. The van der Waals surface area contributed by atoms with Crippen LogP contribution >= 0.6 is 0 Å². The first kappa shape index (κ1) is 20.7. The van der Waals surface area contributed by atoms with Gasteiger partial charge in [-0.25, -0.2) is 0 Å². The molecule has 2 heterocycles. The molecule has 19 heavy (non-hydrogen) atoms. The summed E-state index contributed by atoms with van der Waals surface area (Å²) in [6.07, 6.45) is 3.66. The lowest BCUT2D eigenvalue weighted by molar-refractivity contribution is -0.129. The van der Waals surface area contributed by atoms with Crippen LogP contribution in [-0.2, 0) is 9.53 Å². The monoisotopic (exact) mass is 273 g/mol. The molecule has 0 aromatic rings. The highest BCUT2D eigenvalue weighted by Gasteiger charge is 2.23. The number of nitrogens with zero attached hydrogens (tertiary/aromatic N) is 1. The van der Waals surface area contributed by atoms with E-state index in [1.54, 1.807) is 4.90 Å². The fraction of sp³-hybridized carbons (Fsp3) is 0.938. The molecule has 2 unspecified atom stereocenters. The van der Waals surface area contributed by atoms with Crippen LogP contribution in [0.5, 0.6) is 0 Å². The molecule has 0 aromatic carbocycles. The Morgan fingerprint density at radius 2 is 1.68 bits per heavy atom. The van der Waals surface area contributed by atoms with Crippen molar-refractivity contribution in [2.45, 2.75) is 60.8 Å². The van der Waals surface area contributed by atoms with Crippen LogP contribution in [-0.4, -0.2) is 37.6 Å². The van der Waals surface area contributed by atoms with Crippen LogP contribution in [0.2, 0.25) is 0 Å². The summed E-state index contributed by atoms with van der Waals surface area (Å²) in [7, 11) is 1.85. The molecule has 0 aliphatic carbocycles. The molecular formula is C16H35NO2. The standard InChI is InChI=1S/C6H11NO.C6H12O.2C2H6/c1-5-3-4-7(2)6(5)8;1-6-3-2-4-7-5-6;2*1-2/h5H,3-4H2,1-2H3;6H,2-5H2,1H3;2*1-2H3. The molecule has 0 radical (unpaired) electrons. The molecule has 1 amide bonds. The Morgan fingerprint density at radius 3 is 1.84 bits per heavy atom. The molecule has 0 aromatic heterocycles.